The fourth-order valence-electron chi connectivity index (χ4n) is 1.35. The van der Waals surface area contributed by atoms with E-state index in [0.717, 1.165) is 5.75 Å². The molecule has 0 N–H and O–H groups in total. The monoisotopic (exact) mass is 178 g/mol. The number of benzene rings is 1. The Bertz CT molecular complexity index is 274. The maximum absolute atomic E-state index is 5.76. The van der Waals surface area contributed by atoms with E-state index < -0.39 is 0 Å². The molecule has 0 heterocycles. The van der Waals surface area contributed by atoms with Gasteiger partial charge in [0, 0.05) is 0 Å². The summed E-state index contributed by atoms with van der Waals surface area (Å²) in [5.41, 5.74) is 2.39. The molecular formula is C12H18O. The Hall–Kier alpha value is -0.980. The maximum Gasteiger partial charge on any atom is 0.120 e. The summed E-state index contributed by atoms with van der Waals surface area (Å²) < 4.78 is 5.76. The van der Waals surface area contributed by atoms with Gasteiger partial charge in [0.2, 0.25) is 0 Å². The molecule has 0 aliphatic heterocycles. The number of rotatable bonds is 1. The molecule has 0 saturated heterocycles. The summed E-state index contributed by atoms with van der Waals surface area (Å²) in [6, 6.07) is 6.28. The molecule has 0 aromatic heterocycles. The summed E-state index contributed by atoms with van der Waals surface area (Å²) in [6.45, 7) is 10.4. The molecule has 1 heteroatoms. The normalized spacial score (nSPS) is 11.5. The van der Waals surface area contributed by atoms with Crippen LogP contribution in [0.1, 0.15) is 31.9 Å². The average Bonchev–Trinajstić information content (AvgIpc) is 1.78. The van der Waals surface area contributed by atoms with Gasteiger partial charge in [0.15, 0.2) is 0 Å². The largest absolute Gasteiger partial charge is 0.488 e. The van der Waals surface area contributed by atoms with Crippen molar-refractivity contribution in [1.82, 2.24) is 0 Å². The number of ether oxygens (including phenoxy) is 1. The fraction of sp³-hybridized carbons (Fsp3) is 0.500. The van der Waals surface area contributed by atoms with Crippen molar-refractivity contribution in [2.45, 2.75) is 40.2 Å². The van der Waals surface area contributed by atoms with E-state index >= 15 is 0 Å². The maximum atomic E-state index is 5.76. The molecule has 0 bridgehead atoms. The molecule has 0 saturated carbocycles. The van der Waals surface area contributed by atoms with Crippen molar-refractivity contribution in [3.05, 3.63) is 29.3 Å². The van der Waals surface area contributed by atoms with Crippen LogP contribution < -0.4 is 4.74 Å². The van der Waals surface area contributed by atoms with Gasteiger partial charge < -0.3 is 4.74 Å². The molecule has 0 amide bonds. The summed E-state index contributed by atoms with van der Waals surface area (Å²) in [5, 5.41) is 0. The highest BCUT2D eigenvalue weighted by Gasteiger charge is 2.11. The molecule has 13 heavy (non-hydrogen) atoms. The van der Waals surface area contributed by atoms with E-state index in [1.807, 2.05) is 0 Å². The van der Waals surface area contributed by atoms with Crippen LogP contribution in [0.2, 0.25) is 0 Å². The van der Waals surface area contributed by atoms with Crippen LogP contribution in [0.4, 0.5) is 0 Å². The predicted octanol–water partition coefficient (Wildman–Crippen LogP) is 3.48. The van der Waals surface area contributed by atoms with Gasteiger partial charge in [-0.3, -0.25) is 0 Å². The van der Waals surface area contributed by atoms with Gasteiger partial charge >= 0.3 is 0 Å². The highest BCUT2D eigenvalue weighted by atomic mass is 16.5. The molecule has 0 aliphatic rings. The number of hydrogen-bond acceptors (Lipinski definition) is 1. The van der Waals surface area contributed by atoms with Crippen molar-refractivity contribution in [3.63, 3.8) is 0 Å². The minimum atomic E-state index is -0.111. The fourth-order valence-corrected chi connectivity index (χ4v) is 1.35. The molecule has 72 valence electrons. The van der Waals surface area contributed by atoms with E-state index in [-0.39, 0.29) is 5.60 Å². The minimum absolute atomic E-state index is 0.111. The number of aryl methyl sites for hydroxylation is 2. The third-order valence-corrected chi connectivity index (χ3v) is 1.62. The molecule has 1 aromatic rings. The van der Waals surface area contributed by atoms with Crippen LogP contribution in [0.5, 0.6) is 5.75 Å². The van der Waals surface area contributed by atoms with Crippen molar-refractivity contribution < 1.29 is 4.74 Å². The zero-order chi connectivity index (χ0) is 10.1. The molecule has 1 rings (SSSR count). The van der Waals surface area contributed by atoms with Crippen LogP contribution in [-0.4, -0.2) is 5.60 Å². The smallest absolute Gasteiger partial charge is 0.120 e. The van der Waals surface area contributed by atoms with E-state index in [0.29, 0.717) is 0 Å². The molecule has 0 fully saturated rings. The molecule has 0 atom stereocenters. The van der Waals surface area contributed by atoms with Crippen LogP contribution in [0.15, 0.2) is 18.2 Å². The summed E-state index contributed by atoms with van der Waals surface area (Å²) in [4.78, 5) is 0. The summed E-state index contributed by atoms with van der Waals surface area (Å²) in [6.07, 6.45) is 0. The first kappa shape index (κ1) is 10.1. The van der Waals surface area contributed by atoms with E-state index in [1.54, 1.807) is 0 Å². The Kier molecular flexibility index (Phi) is 2.65. The highest BCUT2D eigenvalue weighted by Crippen LogP contribution is 2.20. The van der Waals surface area contributed by atoms with Gasteiger partial charge in [-0.1, -0.05) is 6.07 Å². The molecule has 0 radical (unpaired) electrons. The van der Waals surface area contributed by atoms with Crippen LogP contribution in [0.3, 0.4) is 0 Å². The lowest BCUT2D eigenvalue weighted by atomic mass is 10.1. The SMILES string of the molecule is Cc1cc(C)cc(OC(C)(C)C)c1. The first-order valence-corrected chi connectivity index (χ1v) is 4.64. The van der Waals surface area contributed by atoms with Gasteiger partial charge in [-0.15, -0.1) is 0 Å². The minimum Gasteiger partial charge on any atom is -0.488 e. The van der Waals surface area contributed by atoms with Crippen LogP contribution >= 0.6 is 0 Å². The molecule has 0 spiro atoms. The van der Waals surface area contributed by atoms with E-state index in [4.69, 9.17) is 4.74 Å². The third-order valence-electron chi connectivity index (χ3n) is 1.62. The molecule has 1 nitrogen and oxygen atoms in total. The first-order chi connectivity index (χ1) is 5.87. The molecule has 0 unspecified atom stereocenters. The Balaban J connectivity index is 2.90. The van der Waals surface area contributed by atoms with Crippen molar-refractivity contribution in [1.29, 1.82) is 0 Å². The lowest BCUT2D eigenvalue weighted by molar-refractivity contribution is 0.131. The highest BCUT2D eigenvalue weighted by molar-refractivity contribution is 5.33. The lowest BCUT2D eigenvalue weighted by Crippen LogP contribution is -2.22. The van der Waals surface area contributed by atoms with Crippen molar-refractivity contribution in [2.75, 3.05) is 0 Å². The second-order valence-electron chi connectivity index (χ2n) is 4.54. The van der Waals surface area contributed by atoms with Gasteiger partial charge in [0.25, 0.3) is 0 Å². The second-order valence-corrected chi connectivity index (χ2v) is 4.54. The van der Waals surface area contributed by atoms with E-state index in [9.17, 15) is 0 Å². The van der Waals surface area contributed by atoms with Crippen molar-refractivity contribution in [2.24, 2.45) is 0 Å². The number of hydrogen-bond donors (Lipinski definition) is 0. The summed E-state index contributed by atoms with van der Waals surface area (Å²) >= 11 is 0. The van der Waals surface area contributed by atoms with Crippen molar-refractivity contribution in [3.8, 4) is 5.75 Å². The summed E-state index contributed by atoms with van der Waals surface area (Å²) in [7, 11) is 0. The van der Waals surface area contributed by atoms with Gasteiger partial charge in [-0.2, -0.15) is 0 Å². The van der Waals surface area contributed by atoms with Gasteiger partial charge in [0.1, 0.15) is 11.4 Å². The van der Waals surface area contributed by atoms with Crippen LogP contribution in [0, 0.1) is 13.8 Å². The first-order valence-electron chi connectivity index (χ1n) is 4.64. The Labute approximate surface area is 80.7 Å². The Morgan fingerprint density at radius 1 is 0.923 bits per heavy atom. The molecule has 0 aliphatic carbocycles. The second kappa shape index (κ2) is 3.41. The van der Waals surface area contributed by atoms with Gasteiger partial charge in [-0.05, 0) is 57.9 Å². The van der Waals surface area contributed by atoms with E-state index in [1.165, 1.54) is 11.1 Å². The molecular weight excluding hydrogens is 160 g/mol. The zero-order valence-corrected chi connectivity index (χ0v) is 9.14. The predicted molar refractivity (Wildman–Crippen MR) is 56.3 cm³/mol. The van der Waals surface area contributed by atoms with Crippen molar-refractivity contribution >= 4 is 0 Å². The lowest BCUT2D eigenvalue weighted by Gasteiger charge is -2.21. The Morgan fingerprint density at radius 2 is 1.38 bits per heavy atom. The Morgan fingerprint density at radius 3 is 1.77 bits per heavy atom. The van der Waals surface area contributed by atoms with Crippen LogP contribution in [0.25, 0.3) is 0 Å². The quantitative estimate of drug-likeness (QED) is 0.639. The van der Waals surface area contributed by atoms with E-state index in [2.05, 4.69) is 52.8 Å². The summed E-state index contributed by atoms with van der Waals surface area (Å²) in [5.74, 6) is 0.963. The molecule has 1 aromatic carbocycles. The average molecular weight is 178 g/mol. The van der Waals surface area contributed by atoms with Gasteiger partial charge in [0.05, 0.1) is 0 Å². The zero-order valence-electron chi connectivity index (χ0n) is 9.14. The topological polar surface area (TPSA) is 9.23 Å². The van der Waals surface area contributed by atoms with Crippen LogP contribution in [-0.2, 0) is 0 Å². The standard InChI is InChI=1S/C12H18O/c1-9-6-10(2)8-11(7-9)13-12(3,4)5/h6-8H,1-5H3. The third kappa shape index (κ3) is 3.49. The van der Waals surface area contributed by atoms with Gasteiger partial charge in [-0.25, -0.2) is 0 Å².